The van der Waals surface area contributed by atoms with Gasteiger partial charge in [-0.15, -0.1) is 0 Å². The first-order valence-electron chi connectivity index (χ1n) is 17.9. The summed E-state index contributed by atoms with van der Waals surface area (Å²) in [6.45, 7) is 13.5. The Morgan fingerprint density at radius 2 is 1.58 bits per heavy atom. The van der Waals surface area contributed by atoms with E-state index in [9.17, 15) is 28.8 Å². The predicted molar refractivity (Wildman–Crippen MR) is 203 cm³/mol. The molecule has 1 aliphatic carbocycles. The van der Waals surface area contributed by atoms with Gasteiger partial charge in [-0.3, -0.25) is 19.2 Å². The second-order valence-corrected chi connectivity index (χ2v) is 13.7. The van der Waals surface area contributed by atoms with Crippen molar-refractivity contribution in [1.29, 1.82) is 0 Å². The molecule has 2 amide bonds. The van der Waals surface area contributed by atoms with E-state index in [0.717, 1.165) is 18.4 Å². The Kier molecular flexibility index (Phi) is 14.2. The van der Waals surface area contributed by atoms with Crippen LogP contribution in [0.1, 0.15) is 101 Å². The average Bonchev–Trinajstić information content (AvgIpc) is 3.98. The van der Waals surface area contributed by atoms with Gasteiger partial charge in [-0.05, 0) is 66.1 Å². The summed E-state index contributed by atoms with van der Waals surface area (Å²) in [5.41, 5.74) is 8.94. The molecule has 2 aromatic carbocycles. The highest BCUT2D eigenvalue weighted by Gasteiger charge is 2.27. The number of aromatic nitrogens is 1. The maximum absolute atomic E-state index is 14.1. The van der Waals surface area contributed by atoms with Gasteiger partial charge in [0, 0.05) is 36.6 Å². The van der Waals surface area contributed by atoms with Gasteiger partial charge in [0.2, 0.25) is 13.1 Å². The largest absolute Gasteiger partial charge is 0.438 e. The van der Waals surface area contributed by atoms with Gasteiger partial charge >= 0.3 is 24.0 Å². The van der Waals surface area contributed by atoms with Crippen LogP contribution in [0.15, 0.2) is 60.1 Å². The van der Waals surface area contributed by atoms with Crippen molar-refractivity contribution in [3.8, 4) is 11.1 Å². The average molecular weight is 755 g/mol. The summed E-state index contributed by atoms with van der Waals surface area (Å²) in [4.78, 5) is 84.7. The predicted octanol–water partition coefficient (Wildman–Crippen LogP) is 5.97. The van der Waals surface area contributed by atoms with Crippen molar-refractivity contribution in [3.05, 3.63) is 94.3 Å². The van der Waals surface area contributed by atoms with Crippen LogP contribution in [0.25, 0.3) is 17.2 Å². The third-order valence-electron chi connectivity index (χ3n) is 8.49. The van der Waals surface area contributed by atoms with Crippen LogP contribution in [0, 0.1) is 24.7 Å². The lowest BCUT2D eigenvalue weighted by Gasteiger charge is -2.18. The fourth-order valence-corrected chi connectivity index (χ4v) is 5.11. The zero-order valence-electron chi connectivity index (χ0n) is 31.8. The van der Waals surface area contributed by atoms with Crippen LogP contribution < -0.4 is 11.1 Å². The molecule has 0 radical (unpaired) electrons. The monoisotopic (exact) mass is 754 g/mol. The standard InChI is InChI=1S/C41H46N4O10/c1-8-28-19-32(34(46)18-26-11-13-29(14-12-26)36(42)45-41(51)53-21-52-38(48)22(2)3)31(17-24(28)6)30-15-16-33(37(47)43-20-27-9-10-27)44-35(30)40(50)55-25(7)54-39(49)23(4)5/h8,11-17,19,22-23,25,27H,1,9-10,18,20-21H2,2-7H3,(H,43,47)(H2,42,45,51). The summed E-state index contributed by atoms with van der Waals surface area (Å²) in [6.07, 6.45) is 1.27. The van der Waals surface area contributed by atoms with Crippen molar-refractivity contribution >= 4 is 47.6 Å². The molecular formula is C41H46N4O10. The molecule has 0 spiro atoms. The van der Waals surface area contributed by atoms with Crippen LogP contribution in [0.2, 0.25) is 0 Å². The van der Waals surface area contributed by atoms with E-state index in [1.165, 1.54) is 19.1 Å². The third kappa shape index (κ3) is 11.7. The van der Waals surface area contributed by atoms with E-state index >= 15 is 0 Å². The van der Waals surface area contributed by atoms with Crippen molar-refractivity contribution in [1.82, 2.24) is 10.3 Å². The number of amidine groups is 1. The minimum Gasteiger partial charge on any atom is -0.428 e. The summed E-state index contributed by atoms with van der Waals surface area (Å²) in [5, 5.41) is 2.84. The zero-order chi connectivity index (χ0) is 40.4. The number of ether oxygens (including phenoxy) is 4. The Balaban J connectivity index is 1.63. The summed E-state index contributed by atoms with van der Waals surface area (Å²) < 4.78 is 20.3. The summed E-state index contributed by atoms with van der Waals surface area (Å²) in [7, 11) is 0. The molecule has 0 aliphatic heterocycles. The molecule has 3 N–H and O–H groups in total. The van der Waals surface area contributed by atoms with E-state index in [1.54, 1.807) is 70.2 Å². The van der Waals surface area contributed by atoms with Crippen LogP contribution in [-0.2, 0) is 35.0 Å². The lowest BCUT2D eigenvalue weighted by atomic mass is 9.89. The van der Waals surface area contributed by atoms with E-state index in [-0.39, 0.29) is 40.6 Å². The number of nitrogens with zero attached hydrogens (tertiary/aromatic N) is 2. The normalized spacial score (nSPS) is 13.1. The van der Waals surface area contributed by atoms with Gasteiger partial charge in [0.25, 0.3) is 5.91 Å². The molecule has 3 aromatic rings. The Morgan fingerprint density at radius 1 is 0.909 bits per heavy atom. The van der Waals surface area contributed by atoms with Crippen LogP contribution in [0.4, 0.5) is 4.79 Å². The van der Waals surface area contributed by atoms with E-state index in [1.807, 2.05) is 6.92 Å². The fraction of sp³-hybridized carbons (Fsp3) is 0.366. The fourth-order valence-electron chi connectivity index (χ4n) is 5.11. The van der Waals surface area contributed by atoms with Gasteiger partial charge in [0.05, 0.1) is 11.8 Å². The van der Waals surface area contributed by atoms with Crippen LogP contribution in [0.3, 0.4) is 0 Å². The van der Waals surface area contributed by atoms with Gasteiger partial charge < -0.3 is 30.0 Å². The molecule has 1 atom stereocenters. The number of nitrogens with two attached hydrogens (primary N) is 1. The smallest absolute Gasteiger partial charge is 0.428 e. The Labute approximate surface area is 319 Å². The third-order valence-corrected chi connectivity index (χ3v) is 8.49. The number of carbonyl (C=O) groups is 6. The summed E-state index contributed by atoms with van der Waals surface area (Å²) in [6, 6.07) is 12.9. The number of hydrogen-bond donors (Lipinski definition) is 2. The lowest BCUT2D eigenvalue weighted by Crippen LogP contribution is -2.28. The Hall–Kier alpha value is -6.18. The van der Waals surface area contributed by atoms with Crippen LogP contribution >= 0.6 is 0 Å². The molecule has 0 saturated heterocycles. The first-order valence-corrected chi connectivity index (χ1v) is 17.9. The number of Topliss-reactive ketones (excluding diaryl/α,β-unsaturated/α-hetero) is 1. The van der Waals surface area contributed by atoms with Crippen LogP contribution in [0.5, 0.6) is 0 Å². The second-order valence-electron chi connectivity index (χ2n) is 13.7. The van der Waals surface area contributed by atoms with Crippen molar-refractivity contribution in [2.24, 2.45) is 28.5 Å². The Morgan fingerprint density at radius 3 is 2.20 bits per heavy atom. The molecule has 55 heavy (non-hydrogen) atoms. The van der Waals surface area contributed by atoms with Crippen molar-refractivity contribution in [2.75, 3.05) is 13.3 Å². The summed E-state index contributed by atoms with van der Waals surface area (Å²) >= 11 is 0. The van der Waals surface area contributed by atoms with E-state index in [2.05, 4.69) is 21.9 Å². The molecule has 1 saturated carbocycles. The number of aryl methyl sites for hydroxylation is 1. The molecule has 0 bridgehead atoms. The van der Waals surface area contributed by atoms with Gasteiger partial charge in [-0.1, -0.05) is 70.7 Å². The number of amides is 2. The second kappa shape index (κ2) is 18.7. The number of rotatable bonds is 16. The number of benzene rings is 2. The molecule has 14 nitrogen and oxygen atoms in total. The van der Waals surface area contributed by atoms with Crippen molar-refractivity contribution in [3.63, 3.8) is 0 Å². The van der Waals surface area contributed by atoms with Crippen molar-refractivity contribution < 1.29 is 47.7 Å². The lowest BCUT2D eigenvalue weighted by molar-refractivity contribution is -0.169. The SMILES string of the molecule is C=Cc1cc(C(=O)Cc2ccc(C(N)=NC(=O)OCOC(=O)C(C)C)cc2)c(-c2ccc(C(=O)NCC3CC3)nc2C(=O)OC(C)OC(=O)C(C)C)cc1C. The van der Waals surface area contributed by atoms with Gasteiger partial charge in [-0.2, -0.15) is 4.99 Å². The molecule has 1 heterocycles. The molecule has 4 rings (SSSR count). The molecule has 14 heteroatoms. The highest BCUT2D eigenvalue weighted by atomic mass is 16.7. The number of nitrogens with one attached hydrogen (secondary N) is 1. The zero-order valence-corrected chi connectivity index (χ0v) is 31.8. The van der Waals surface area contributed by atoms with Crippen molar-refractivity contribution in [2.45, 2.75) is 67.1 Å². The molecule has 290 valence electrons. The first kappa shape index (κ1) is 41.6. The molecular weight excluding hydrogens is 708 g/mol. The minimum absolute atomic E-state index is 0.0267. The topological polar surface area (TPSA) is 203 Å². The molecule has 1 aromatic heterocycles. The van der Waals surface area contributed by atoms with Crippen LogP contribution in [-0.4, -0.2) is 66.1 Å². The molecule has 1 unspecified atom stereocenters. The van der Waals surface area contributed by atoms with E-state index in [4.69, 9.17) is 24.7 Å². The maximum atomic E-state index is 14.1. The minimum atomic E-state index is -1.27. The quantitative estimate of drug-likeness (QED) is 0.0572. The number of hydrogen-bond acceptors (Lipinski definition) is 11. The van der Waals surface area contributed by atoms with Gasteiger partial charge in [0.1, 0.15) is 11.5 Å². The maximum Gasteiger partial charge on any atom is 0.438 e. The van der Waals surface area contributed by atoms with E-state index < -0.39 is 54.8 Å². The highest BCUT2D eigenvalue weighted by Crippen LogP contribution is 2.32. The van der Waals surface area contributed by atoms with Gasteiger partial charge in [-0.25, -0.2) is 14.6 Å². The van der Waals surface area contributed by atoms with E-state index in [0.29, 0.717) is 34.7 Å². The highest BCUT2D eigenvalue weighted by molar-refractivity contribution is 6.07. The molecule has 1 aliphatic rings. The molecule has 1 fully saturated rings. The number of esters is 3. The number of ketones is 1. The first-order chi connectivity index (χ1) is 26.1. The number of aliphatic imine (C=N–C) groups is 1. The number of carbonyl (C=O) groups excluding carboxylic acids is 6. The van der Waals surface area contributed by atoms with Gasteiger partial charge in [0.15, 0.2) is 11.5 Å². The Bertz CT molecular complexity index is 2000. The number of pyridine rings is 1. The summed E-state index contributed by atoms with van der Waals surface area (Å²) in [5.74, 6) is -3.47.